The average molecular weight is 174 g/mol. The van der Waals surface area contributed by atoms with Gasteiger partial charge in [-0.15, -0.1) is 0 Å². The van der Waals surface area contributed by atoms with Crippen molar-refractivity contribution in [2.75, 3.05) is 7.11 Å². The fourth-order valence-electron chi connectivity index (χ4n) is 0.929. The van der Waals surface area contributed by atoms with Gasteiger partial charge in [-0.1, -0.05) is 13.8 Å². The Morgan fingerprint density at radius 2 is 1.83 bits per heavy atom. The SMILES string of the molecule is COC(=O)[C@H](C)C[C@@H](C)C(=O)O. The number of hydrogen-bond donors (Lipinski definition) is 1. The normalized spacial score (nSPS) is 14.9. The fraction of sp³-hybridized carbons (Fsp3) is 0.750. The Bertz CT molecular complexity index is 176. The van der Waals surface area contributed by atoms with Crippen LogP contribution in [0.1, 0.15) is 20.3 Å². The Hall–Kier alpha value is -1.06. The third-order valence-electron chi connectivity index (χ3n) is 1.73. The van der Waals surface area contributed by atoms with Gasteiger partial charge in [-0.05, 0) is 6.42 Å². The minimum Gasteiger partial charge on any atom is -0.481 e. The summed E-state index contributed by atoms with van der Waals surface area (Å²) >= 11 is 0. The molecule has 0 fully saturated rings. The van der Waals surface area contributed by atoms with Gasteiger partial charge >= 0.3 is 11.9 Å². The van der Waals surface area contributed by atoms with Crippen LogP contribution in [0, 0.1) is 11.8 Å². The smallest absolute Gasteiger partial charge is 0.308 e. The van der Waals surface area contributed by atoms with Gasteiger partial charge in [-0.3, -0.25) is 9.59 Å². The number of methoxy groups -OCH3 is 1. The molecule has 0 aliphatic rings. The molecule has 4 heteroatoms. The van der Waals surface area contributed by atoms with E-state index in [4.69, 9.17) is 5.11 Å². The van der Waals surface area contributed by atoms with Crippen molar-refractivity contribution in [3.05, 3.63) is 0 Å². The minimum atomic E-state index is -0.884. The second-order valence-electron chi connectivity index (χ2n) is 2.90. The van der Waals surface area contributed by atoms with E-state index < -0.39 is 11.9 Å². The van der Waals surface area contributed by atoms with Crippen molar-refractivity contribution in [2.24, 2.45) is 11.8 Å². The van der Waals surface area contributed by atoms with Gasteiger partial charge in [0.15, 0.2) is 0 Å². The molecule has 0 bridgehead atoms. The van der Waals surface area contributed by atoms with Gasteiger partial charge in [-0.25, -0.2) is 0 Å². The zero-order valence-corrected chi connectivity index (χ0v) is 7.53. The van der Waals surface area contributed by atoms with Crippen molar-refractivity contribution in [1.82, 2.24) is 0 Å². The lowest BCUT2D eigenvalue weighted by Crippen LogP contribution is -2.19. The van der Waals surface area contributed by atoms with Crippen LogP contribution in [0.3, 0.4) is 0 Å². The number of rotatable bonds is 4. The lowest BCUT2D eigenvalue weighted by atomic mass is 9.98. The van der Waals surface area contributed by atoms with Crippen LogP contribution < -0.4 is 0 Å². The summed E-state index contributed by atoms with van der Waals surface area (Å²) in [6, 6.07) is 0. The summed E-state index contributed by atoms with van der Waals surface area (Å²) in [6.07, 6.45) is 0.321. The van der Waals surface area contributed by atoms with Crippen LogP contribution in [0.15, 0.2) is 0 Å². The van der Waals surface area contributed by atoms with E-state index in [1.807, 2.05) is 0 Å². The molecule has 0 unspecified atom stereocenters. The highest BCUT2D eigenvalue weighted by atomic mass is 16.5. The summed E-state index contributed by atoms with van der Waals surface area (Å²) in [4.78, 5) is 21.2. The van der Waals surface area contributed by atoms with Crippen LogP contribution >= 0.6 is 0 Å². The number of carboxylic acid groups (broad SMARTS) is 1. The molecule has 0 aliphatic carbocycles. The molecule has 0 heterocycles. The summed E-state index contributed by atoms with van der Waals surface area (Å²) < 4.78 is 4.46. The maximum atomic E-state index is 10.9. The number of esters is 1. The highest BCUT2D eigenvalue weighted by Gasteiger charge is 2.20. The van der Waals surface area contributed by atoms with E-state index in [-0.39, 0.29) is 11.9 Å². The minimum absolute atomic E-state index is 0.321. The molecule has 0 aromatic heterocycles. The fourth-order valence-corrected chi connectivity index (χ4v) is 0.929. The topological polar surface area (TPSA) is 63.6 Å². The molecule has 12 heavy (non-hydrogen) atoms. The number of carbonyl (C=O) groups excluding carboxylic acids is 1. The maximum Gasteiger partial charge on any atom is 0.308 e. The van der Waals surface area contributed by atoms with E-state index >= 15 is 0 Å². The number of carbonyl (C=O) groups is 2. The van der Waals surface area contributed by atoms with Crippen molar-refractivity contribution in [3.63, 3.8) is 0 Å². The number of ether oxygens (including phenoxy) is 1. The summed E-state index contributed by atoms with van der Waals surface area (Å²) in [6.45, 7) is 3.23. The van der Waals surface area contributed by atoms with E-state index in [0.717, 1.165) is 0 Å². The summed E-state index contributed by atoms with van der Waals surface area (Å²) in [5.41, 5.74) is 0. The summed E-state index contributed by atoms with van der Waals surface area (Å²) in [7, 11) is 1.30. The number of carboxylic acids is 1. The molecule has 4 nitrogen and oxygen atoms in total. The zero-order chi connectivity index (χ0) is 9.72. The molecule has 0 spiro atoms. The van der Waals surface area contributed by atoms with E-state index in [9.17, 15) is 9.59 Å². The van der Waals surface area contributed by atoms with Gasteiger partial charge in [0.2, 0.25) is 0 Å². The Morgan fingerprint density at radius 3 is 2.17 bits per heavy atom. The van der Waals surface area contributed by atoms with Crippen LogP contribution in [-0.4, -0.2) is 24.2 Å². The second-order valence-corrected chi connectivity index (χ2v) is 2.90. The highest BCUT2D eigenvalue weighted by Crippen LogP contribution is 2.12. The van der Waals surface area contributed by atoms with Gasteiger partial charge in [-0.2, -0.15) is 0 Å². The van der Waals surface area contributed by atoms with Crippen LogP contribution in [-0.2, 0) is 14.3 Å². The molecular weight excluding hydrogens is 160 g/mol. The monoisotopic (exact) mass is 174 g/mol. The molecule has 0 saturated heterocycles. The summed E-state index contributed by atoms with van der Waals surface area (Å²) in [5.74, 6) is -2.09. The van der Waals surface area contributed by atoms with E-state index in [2.05, 4.69) is 4.74 Å². The quantitative estimate of drug-likeness (QED) is 0.643. The Morgan fingerprint density at radius 1 is 1.33 bits per heavy atom. The molecule has 0 amide bonds. The lowest BCUT2D eigenvalue weighted by Gasteiger charge is -2.11. The molecule has 0 radical (unpaired) electrons. The number of aliphatic carboxylic acids is 1. The second kappa shape index (κ2) is 4.74. The van der Waals surface area contributed by atoms with Crippen molar-refractivity contribution >= 4 is 11.9 Å². The van der Waals surface area contributed by atoms with E-state index in [0.29, 0.717) is 6.42 Å². The van der Waals surface area contributed by atoms with Gasteiger partial charge in [0.25, 0.3) is 0 Å². The average Bonchev–Trinajstić information content (AvgIpc) is 2.02. The van der Waals surface area contributed by atoms with Crippen molar-refractivity contribution < 1.29 is 19.4 Å². The first-order valence-electron chi connectivity index (χ1n) is 3.79. The molecule has 0 rings (SSSR count). The lowest BCUT2D eigenvalue weighted by molar-refractivity contribution is -0.147. The third kappa shape index (κ3) is 3.37. The van der Waals surface area contributed by atoms with Crippen molar-refractivity contribution in [2.45, 2.75) is 20.3 Å². The van der Waals surface area contributed by atoms with Crippen LogP contribution in [0.25, 0.3) is 0 Å². The van der Waals surface area contributed by atoms with Crippen LogP contribution in [0.4, 0.5) is 0 Å². The standard InChI is InChI=1S/C8H14O4/c1-5(7(9)10)4-6(2)8(11)12-3/h5-6H,4H2,1-3H3,(H,9,10)/t5-,6-/m1/s1. The van der Waals surface area contributed by atoms with Gasteiger partial charge in [0.1, 0.15) is 0 Å². The maximum absolute atomic E-state index is 10.9. The predicted molar refractivity (Wildman–Crippen MR) is 42.6 cm³/mol. The van der Waals surface area contributed by atoms with Crippen molar-refractivity contribution in [3.8, 4) is 0 Å². The Balaban J connectivity index is 3.91. The molecule has 70 valence electrons. The predicted octanol–water partition coefficient (Wildman–Crippen LogP) is 0.906. The summed E-state index contributed by atoms with van der Waals surface area (Å²) in [5, 5.41) is 8.53. The molecule has 0 aromatic carbocycles. The van der Waals surface area contributed by atoms with Crippen LogP contribution in [0.5, 0.6) is 0 Å². The van der Waals surface area contributed by atoms with E-state index in [1.54, 1.807) is 13.8 Å². The molecule has 2 atom stereocenters. The molecule has 0 aliphatic heterocycles. The first-order valence-corrected chi connectivity index (χ1v) is 3.79. The number of hydrogen-bond acceptors (Lipinski definition) is 3. The third-order valence-corrected chi connectivity index (χ3v) is 1.73. The largest absolute Gasteiger partial charge is 0.481 e. The Labute approximate surface area is 71.5 Å². The van der Waals surface area contributed by atoms with Crippen molar-refractivity contribution in [1.29, 1.82) is 0 Å². The molecule has 0 aromatic rings. The van der Waals surface area contributed by atoms with E-state index in [1.165, 1.54) is 7.11 Å². The van der Waals surface area contributed by atoms with Gasteiger partial charge in [0.05, 0.1) is 18.9 Å². The highest BCUT2D eigenvalue weighted by molar-refractivity contribution is 5.74. The first-order chi connectivity index (χ1) is 5.49. The molecular formula is C8H14O4. The molecule has 1 N–H and O–H groups in total. The zero-order valence-electron chi connectivity index (χ0n) is 7.53. The first kappa shape index (κ1) is 10.9. The van der Waals surface area contributed by atoms with Gasteiger partial charge in [0, 0.05) is 0 Å². The Kier molecular flexibility index (Phi) is 4.33. The molecule has 0 saturated carbocycles. The van der Waals surface area contributed by atoms with Gasteiger partial charge < -0.3 is 9.84 Å². The van der Waals surface area contributed by atoms with Crippen LogP contribution in [0.2, 0.25) is 0 Å².